The van der Waals surface area contributed by atoms with Crippen molar-refractivity contribution in [3.63, 3.8) is 0 Å². The lowest BCUT2D eigenvalue weighted by atomic mass is 10.1. The highest BCUT2D eigenvalue weighted by atomic mass is 16.6. The standard InChI is InChI=1S/C13H17N3O2/c17-16(18)13-4-3-11(9-12(13)10-1-2-10)15-7-5-14-6-8-15/h3-4,9-10,14H,1-2,5-8H2. The van der Waals surface area contributed by atoms with E-state index in [1.54, 1.807) is 6.07 Å². The molecule has 1 aromatic rings. The second kappa shape index (κ2) is 4.57. The zero-order valence-electron chi connectivity index (χ0n) is 10.3. The third-order valence-electron chi connectivity index (χ3n) is 3.71. The predicted octanol–water partition coefficient (Wildman–Crippen LogP) is 1.88. The van der Waals surface area contributed by atoms with Gasteiger partial charge in [-0.15, -0.1) is 0 Å². The molecule has 1 aliphatic carbocycles. The van der Waals surface area contributed by atoms with Gasteiger partial charge >= 0.3 is 0 Å². The minimum atomic E-state index is -0.255. The lowest BCUT2D eigenvalue weighted by Crippen LogP contribution is -2.43. The van der Waals surface area contributed by atoms with Gasteiger partial charge in [-0.3, -0.25) is 10.1 Å². The van der Waals surface area contributed by atoms with Crippen LogP contribution in [0.1, 0.15) is 24.3 Å². The molecule has 2 fully saturated rings. The molecule has 0 aromatic heterocycles. The van der Waals surface area contributed by atoms with E-state index >= 15 is 0 Å². The summed E-state index contributed by atoms with van der Waals surface area (Å²) in [6.07, 6.45) is 2.18. The van der Waals surface area contributed by atoms with E-state index in [1.807, 2.05) is 12.1 Å². The Labute approximate surface area is 106 Å². The first-order chi connectivity index (χ1) is 8.75. The largest absolute Gasteiger partial charge is 0.369 e. The van der Waals surface area contributed by atoms with Gasteiger partial charge in [0.25, 0.3) is 5.69 Å². The molecule has 0 unspecified atom stereocenters. The summed E-state index contributed by atoms with van der Waals surface area (Å²) in [4.78, 5) is 13.1. The van der Waals surface area contributed by atoms with Crippen molar-refractivity contribution in [3.8, 4) is 0 Å². The lowest BCUT2D eigenvalue weighted by molar-refractivity contribution is -0.385. The van der Waals surface area contributed by atoms with Crippen molar-refractivity contribution >= 4 is 11.4 Å². The van der Waals surface area contributed by atoms with Crippen LogP contribution in [0.4, 0.5) is 11.4 Å². The van der Waals surface area contributed by atoms with Gasteiger partial charge in [-0.25, -0.2) is 0 Å². The van der Waals surface area contributed by atoms with E-state index in [0.29, 0.717) is 5.92 Å². The van der Waals surface area contributed by atoms with Crippen molar-refractivity contribution in [1.82, 2.24) is 5.32 Å². The fourth-order valence-corrected chi connectivity index (χ4v) is 2.55. The Morgan fingerprint density at radius 1 is 1.28 bits per heavy atom. The van der Waals surface area contributed by atoms with Crippen molar-refractivity contribution in [2.24, 2.45) is 0 Å². The van der Waals surface area contributed by atoms with Crippen LogP contribution >= 0.6 is 0 Å². The number of nitro groups is 1. The molecule has 0 bridgehead atoms. The van der Waals surface area contributed by atoms with E-state index < -0.39 is 0 Å². The molecule has 1 saturated carbocycles. The van der Waals surface area contributed by atoms with Crippen LogP contribution in [-0.4, -0.2) is 31.1 Å². The second-order valence-electron chi connectivity index (χ2n) is 5.01. The third kappa shape index (κ3) is 2.18. The summed E-state index contributed by atoms with van der Waals surface area (Å²) in [6.45, 7) is 3.91. The van der Waals surface area contributed by atoms with Gasteiger partial charge in [0.1, 0.15) is 0 Å². The molecule has 0 amide bonds. The summed E-state index contributed by atoms with van der Waals surface area (Å²) in [5.41, 5.74) is 2.34. The summed E-state index contributed by atoms with van der Waals surface area (Å²) in [7, 11) is 0. The molecule has 5 nitrogen and oxygen atoms in total. The Kier molecular flexibility index (Phi) is 2.91. The van der Waals surface area contributed by atoms with Gasteiger partial charge < -0.3 is 10.2 Å². The topological polar surface area (TPSA) is 58.4 Å². The summed E-state index contributed by atoms with van der Waals surface area (Å²) < 4.78 is 0. The Morgan fingerprint density at radius 2 is 2.00 bits per heavy atom. The third-order valence-corrected chi connectivity index (χ3v) is 3.71. The molecule has 1 aliphatic heterocycles. The monoisotopic (exact) mass is 247 g/mol. The van der Waals surface area contributed by atoms with Gasteiger partial charge in [0.15, 0.2) is 0 Å². The van der Waals surface area contributed by atoms with Crippen LogP contribution in [0.15, 0.2) is 18.2 Å². The van der Waals surface area contributed by atoms with Crippen LogP contribution in [0.25, 0.3) is 0 Å². The Bertz CT molecular complexity index is 465. The molecule has 1 aromatic carbocycles. The molecule has 5 heteroatoms. The van der Waals surface area contributed by atoms with Crippen molar-refractivity contribution in [3.05, 3.63) is 33.9 Å². The molecule has 1 N–H and O–H groups in total. The van der Waals surface area contributed by atoms with E-state index in [2.05, 4.69) is 10.2 Å². The van der Waals surface area contributed by atoms with E-state index in [-0.39, 0.29) is 10.6 Å². The highest BCUT2D eigenvalue weighted by Gasteiger charge is 2.31. The molecule has 1 heterocycles. The predicted molar refractivity (Wildman–Crippen MR) is 70.2 cm³/mol. The molecular formula is C13H17N3O2. The minimum absolute atomic E-state index is 0.255. The fraction of sp³-hybridized carbons (Fsp3) is 0.538. The van der Waals surface area contributed by atoms with Crippen LogP contribution in [-0.2, 0) is 0 Å². The smallest absolute Gasteiger partial charge is 0.273 e. The van der Waals surface area contributed by atoms with Crippen LogP contribution in [0.2, 0.25) is 0 Å². The van der Waals surface area contributed by atoms with Crippen molar-refractivity contribution in [1.29, 1.82) is 0 Å². The maximum Gasteiger partial charge on any atom is 0.273 e. The van der Waals surface area contributed by atoms with E-state index in [0.717, 1.165) is 50.3 Å². The number of nitrogens with one attached hydrogen (secondary N) is 1. The molecule has 18 heavy (non-hydrogen) atoms. The molecule has 96 valence electrons. The van der Waals surface area contributed by atoms with Gasteiger partial charge in [-0.05, 0) is 30.9 Å². The second-order valence-corrected chi connectivity index (χ2v) is 5.01. The zero-order chi connectivity index (χ0) is 12.5. The highest BCUT2D eigenvalue weighted by Crippen LogP contribution is 2.45. The van der Waals surface area contributed by atoms with Crippen LogP contribution in [0.3, 0.4) is 0 Å². The number of hydrogen-bond donors (Lipinski definition) is 1. The maximum absolute atomic E-state index is 11.0. The van der Waals surface area contributed by atoms with Crippen LogP contribution in [0.5, 0.6) is 0 Å². The summed E-state index contributed by atoms with van der Waals surface area (Å²) in [5, 5.41) is 14.3. The minimum Gasteiger partial charge on any atom is -0.369 e. The zero-order valence-corrected chi connectivity index (χ0v) is 10.3. The first-order valence-corrected chi connectivity index (χ1v) is 6.50. The molecule has 1 saturated heterocycles. The van der Waals surface area contributed by atoms with Crippen LogP contribution in [0, 0.1) is 10.1 Å². The van der Waals surface area contributed by atoms with Gasteiger partial charge in [0.2, 0.25) is 0 Å². The van der Waals surface area contributed by atoms with Gasteiger partial charge in [-0.2, -0.15) is 0 Å². The van der Waals surface area contributed by atoms with Crippen LogP contribution < -0.4 is 10.2 Å². The maximum atomic E-state index is 11.0. The lowest BCUT2D eigenvalue weighted by Gasteiger charge is -2.29. The van der Waals surface area contributed by atoms with Gasteiger partial charge in [-0.1, -0.05) is 0 Å². The summed E-state index contributed by atoms with van der Waals surface area (Å²) in [6, 6.07) is 5.58. The van der Waals surface area contributed by atoms with E-state index in [9.17, 15) is 10.1 Å². The number of rotatable bonds is 3. The van der Waals surface area contributed by atoms with E-state index in [1.165, 1.54) is 0 Å². The van der Waals surface area contributed by atoms with Crippen molar-refractivity contribution < 1.29 is 4.92 Å². The average molecular weight is 247 g/mol. The molecule has 0 atom stereocenters. The Hall–Kier alpha value is -1.62. The molecule has 2 aliphatic rings. The van der Waals surface area contributed by atoms with Crippen molar-refractivity contribution in [2.75, 3.05) is 31.1 Å². The first-order valence-electron chi connectivity index (χ1n) is 6.50. The number of nitro benzene ring substituents is 1. The van der Waals surface area contributed by atoms with Gasteiger partial charge in [0.05, 0.1) is 4.92 Å². The molecule has 0 spiro atoms. The fourth-order valence-electron chi connectivity index (χ4n) is 2.55. The van der Waals surface area contributed by atoms with Crippen molar-refractivity contribution in [2.45, 2.75) is 18.8 Å². The quantitative estimate of drug-likeness (QED) is 0.654. The molecule has 3 rings (SSSR count). The molecule has 0 radical (unpaired) electrons. The highest BCUT2D eigenvalue weighted by molar-refractivity contribution is 5.58. The molecular weight excluding hydrogens is 230 g/mol. The number of piperazine rings is 1. The average Bonchev–Trinajstić information content (AvgIpc) is 3.23. The Balaban J connectivity index is 1.91. The summed E-state index contributed by atoms with van der Waals surface area (Å²) in [5.74, 6) is 0.410. The Morgan fingerprint density at radius 3 is 2.61 bits per heavy atom. The van der Waals surface area contributed by atoms with E-state index in [4.69, 9.17) is 0 Å². The SMILES string of the molecule is O=[N+]([O-])c1ccc(N2CCNCC2)cc1C1CC1. The first kappa shape index (κ1) is 11.5. The number of nitrogens with zero attached hydrogens (tertiary/aromatic N) is 2. The number of benzene rings is 1. The van der Waals surface area contributed by atoms with Gasteiger partial charge in [0, 0.05) is 43.5 Å². The summed E-state index contributed by atoms with van der Waals surface area (Å²) >= 11 is 0. The number of hydrogen-bond acceptors (Lipinski definition) is 4. The normalized spacial score (nSPS) is 19.9. The number of anilines is 1.